The summed E-state index contributed by atoms with van der Waals surface area (Å²) in [6, 6.07) is 0. The molecule has 0 spiro atoms. The molecule has 0 amide bonds. The van der Waals surface area contributed by atoms with Gasteiger partial charge in [-0.3, -0.25) is 4.79 Å². The van der Waals surface area contributed by atoms with Gasteiger partial charge in [-0.25, -0.2) is 0 Å². The van der Waals surface area contributed by atoms with E-state index in [0.29, 0.717) is 6.20 Å². The molecular weight excluding hydrogens is 288 g/mol. The SMILES string of the molecule is CC(=O)c1cnc([NH-])nc1C(F)(F)F.[Y]. The molecule has 1 rings (SSSR count). The first-order chi connectivity index (χ1) is 6.32. The van der Waals surface area contributed by atoms with E-state index in [4.69, 9.17) is 5.73 Å². The van der Waals surface area contributed by atoms with Crippen LogP contribution in [0.5, 0.6) is 0 Å². The second kappa shape index (κ2) is 4.98. The van der Waals surface area contributed by atoms with Crippen molar-refractivity contribution in [2.24, 2.45) is 0 Å². The van der Waals surface area contributed by atoms with Gasteiger partial charge in [0, 0.05) is 44.2 Å². The number of aromatic nitrogens is 2. The van der Waals surface area contributed by atoms with E-state index in [9.17, 15) is 18.0 Å². The van der Waals surface area contributed by atoms with Gasteiger partial charge in [-0.2, -0.15) is 13.2 Å². The average molecular weight is 293 g/mol. The van der Waals surface area contributed by atoms with Gasteiger partial charge in [-0.05, 0) is 13.1 Å². The maximum Gasteiger partial charge on any atom is 0.419 e. The Bertz CT molecular complexity index is 380. The number of halogens is 3. The maximum absolute atomic E-state index is 12.3. The third-order valence-electron chi connectivity index (χ3n) is 1.44. The molecule has 0 aliphatic carbocycles. The van der Waals surface area contributed by atoms with Crippen molar-refractivity contribution in [3.05, 3.63) is 23.2 Å². The minimum Gasteiger partial charge on any atom is -0.410 e. The summed E-state index contributed by atoms with van der Waals surface area (Å²) >= 11 is 0. The third-order valence-corrected chi connectivity index (χ3v) is 1.44. The molecule has 4 nitrogen and oxygen atoms in total. The van der Waals surface area contributed by atoms with Gasteiger partial charge in [0.25, 0.3) is 0 Å². The van der Waals surface area contributed by atoms with Gasteiger partial charge >= 0.3 is 6.18 Å². The fourth-order valence-electron chi connectivity index (χ4n) is 0.856. The minimum atomic E-state index is -4.74. The maximum atomic E-state index is 12.3. The largest absolute Gasteiger partial charge is 0.419 e. The minimum absolute atomic E-state index is 0. The number of Topliss-reactive ketones (excluding diaryl/α,β-unsaturated/α-hetero) is 1. The van der Waals surface area contributed by atoms with E-state index in [1.54, 1.807) is 0 Å². The standard InChI is InChI=1S/C7H6F3N3O.Y/c1-3(14)4-2-12-6(11)13-5(4)7(8,9)10;/h2H,1H3,(H2,11,12,13,14);/p-1. The van der Waals surface area contributed by atoms with E-state index in [0.717, 1.165) is 6.92 Å². The fourth-order valence-corrected chi connectivity index (χ4v) is 0.856. The van der Waals surface area contributed by atoms with Crippen LogP contribution >= 0.6 is 0 Å². The quantitative estimate of drug-likeness (QED) is 0.746. The number of ketones is 1. The molecule has 8 heteroatoms. The first-order valence-electron chi connectivity index (χ1n) is 3.49. The first-order valence-corrected chi connectivity index (χ1v) is 3.49. The smallest absolute Gasteiger partial charge is 0.410 e. The van der Waals surface area contributed by atoms with Gasteiger partial charge in [0.2, 0.25) is 0 Å². The third kappa shape index (κ3) is 3.50. The number of carbonyl (C=O) groups is 1. The number of hydrogen-bond acceptors (Lipinski definition) is 3. The second-order valence-corrected chi connectivity index (χ2v) is 2.51. The number of hydrogen-bond donors (Lipinski definition) is 0. The molecule has 0 aliphatic rings. The van der Waals surface area contributed by atoms with Gasteiger partial charge in [0.15, 0.2) is 5.78 Å². The molecule has 0 unspecified atom stereocenters. The Morgan fingerprint density at radius 2 is 2.00 bits per heavy atom. The summed E-state index contributed by atoms with van der Waals surface area (Å²) < 4.78 is 36.8. The monoisotopic (exact) mass is 293 g/mol. The zero-order valence-electron chi connectivity index (χ0n) is 7.59. The predicted molar refractivity (Wildman–Crippen MR) is 41.0 cm³/mol. The summed E-state index contributed by atoms with van der Waals surface area (Å²) in [5.41, 5.74) is 4.85. The molecule has 0 saturated heterocycles. The Balaban J connectivity index is 0.00000196. The van der Waals surface area contributed by atoms with E-state index in [2.05, 4.69) is 9.97 Å². The zero-order chi connectivity index (χ0) is 10.9. The Hall–Kier alpha value is -0.556. The molecule has 1 heterocycles. The van der Waals surface area contributed by atoms with E-state index < -0.39 is 29.2 Å². The summed E-state index contributed by atoms with van der Waals surface area (Å²) in [6.07, 6.45) is -4.03. The fraction of sp³-hybridized carbons (Fsp3) is 0.286. The second-order valence-electron chi connectivity index (χ2n) is 2.51. The molecule has 1 aromatic rings. The van der Waals surface area contributed by atoms with Gasteiger partial charge < -0.3 is 15.7 Å². The van der Waals surface area contributed by atoms with Crippen molar-refractivity contribution in [3.63, 3.8) is 0 Å². The molecule has 0 fully saturated rings. The summed E-state index contributed by atoms with van der Waals surface area (Å²) in [7, 11) is 0. The van der Waals surface area contributed by atoms with Crippen molar-refractivity contribution in [3.8, 4) is 0 Å². The van der Waals surface area contributed by atoms with Crippen LogP contribution in [0, 0.1) is 0 Å². The van der Waals surface area contributed by atoms with Crippen molar-refractivity contribution in [1.82, 2.24) is 9.97 Å². The molecule has 1 aromatic heterocycles. The number of nitrogens with zero attached hydrogens (tertiary/aromatic N) is 2. The van der Waals surface area contributed by atoms with Crippen molar-refractivity contribution >= 4 is 11.7 Å². The molecule has 0 atom stereocenters. The van der Waals surface area contributed by atoms with Crippen LogP contribution in [0.3, 0.4) is 0 Å². The number of nitrogens with one attached hydrogen (secondary N) is 1. The zero-order valence-corrected chi connectivity index (χ0v) is 10.4. The molecule has 0 aliphatic heterocycles. The normalized spacial score (nSPS) is 10.7. The topological polar surface area (TPSA) is 66.7 Å². The Morgan fingerprint density at radius 3 is 2.40 bits per heavy atom. The van der Waals surface area contributed by atoms with E-state index >= 15 is 0 Å². The van der Waals surface area contributed by atoms with Crippen LogP contribution < -0.4 is 0 Å². The average Bonchev–Trinajstić information content (AvgIpc) is 2.01. The number of alkyl halides is 3. The molecular formula is C7H5F3N3OY-. The van der Waals surface area contributed by atoms with Gasteiger partial charge in [-0.1, -0.05) is 0 Å². The summed E-state index contributed by atoms with van der Waals surface area (Å²) in [5, 5.41) is 0. The van der Waals surface area contributed by atoms with Crippen LogP contribution in [0.1, 0.15) is 23.0 Å². The van der Waals surface area contributed by atoms with Crippen molar-refractivity contribution in [2.75, 3.05) is 0 Å². The summed E-state index contributed by atoms with van der Waals surface area (Å²) in [4.78, 5) is 16.9. The Labute approximate surface area is 108 Å². The number of carbonyl (C=O) groups excluding carboxylic acids is 1. The molecule has 0 aromatic carbocycles. The van der Waals surface area contributed by atoms with Crippen LogP contribution in [-0.2, 0) is 38.9 Å². The molecule has 1 radical (unpaired) electrons. The first kappa shape index (κ1) is 14.4. The van der Waals surface area contributed by atoms with Crippen LogP contribution in [-0.4, -0.2) is 15.8 Å². The van der Waals surface area contributed by atoms with E-state index in [1.807, 2.05) is 0 Å². The van der Waals surface area contributed by atoms with E-state index in [-0.39, 0.29) is 32.7 Å². The van der Waals surface area contributed by atoms with Crippen molar-refractivity contribution in [1.29, 1.82) is 0 Å². The van der Waals surface area contributed by atoms with Crippen LogP contribution in [0.15, 0.2) is 6.20 Å². The van der Waals surface area contributed by atoms with Crippen LogP contribution in [0.25, 0.3) is 5.73 Å². The molecule has 1 N–H and O–H groups in total. The molecule has 0 bridgehead atoms. The van der Waals surface area contributed by atoms with Crippen LogP contribution in [0.4, 0.5) is 19.1 Å². The predicted octanol–water partition coefficient (Wildman–Crippen LogP) is 2.38. The molecule has 79 valence electrons. The van der Waals surface area contributed by atoms with Gasteiger partial charge in [-0.15, -0.1) is 0 Å². The van der Waals surface area contributed by atoms with Gasteiger partial charge in [0.1, 0.15) is 0 Å². The van der Waals surface area contributed by atoms with E-state index in [1.165, 1.54) is 0 Å². The summed E-state index contributed by atoms with van der Waals surface area (Å²) in [5.74, 6) is -1.54. The Morgan fingerprint density at radius 1 is 1.47 bits per heavy atom. The van der Waals surface area contributed by atoms with Crippen molar-refractivity contribution in [2.45, 2.75) is 13.1 Å². The van der Waals surface area contributed by atoms with Crippen LogP contribution in [0.2, 0.25) is 0 Å². The summed E-state index contributed by atoms with van der Waals surface area (Å²) in [6.45, 7) is 0.984. The van der Waals surface area contributed by atoms with Crippen molar-refractivity contribution < 1.29 is 50.7 Å². The molecule has 15 heavy (non-hydrogen) atoms. The number of rotatable bonds is 1. The molecule has 0 saturated carbocycles. The van der Waals surface area contributed by atoms with Gasteiger partial charge in [0.05, 0.1) is 5.69 Å². The Kier molecular flexibility index (Phi) is 4.80.